The second kappa shape index (κ2) is 6.01. The van der Waals surface area contributed by atoms with Gasteiger partial charge in [0.15, 0.2) is 0 Å². The first-order valence-electron chi connectivity index (χ1n) is 6.97. The fraction of sp³-hybridized carbons (Fsp3) is 0.733. The lowest BCUT2D eigenvalue weighted by atomic mass is 9.80. The Morgan fingerprint density at radius 3 is 2.59 bits per heavy atom. The van der Waals surface area contributed by atoms with Gasteiger partial charge >= 0.3 is 0 Å². The van der Waals surface area contributed by atoms with Crippen molar-refractivity contribution in [1.82, 2.24) is 5.32 Å². The Morgan fingerprint density at radius 2 is 1.94 bits per heavy atom. The van der Waals surface area contributed by atoms with Crippen LogP contribution in [-0.2, 0) is 13.0 Å². The minimum Gasteiger partial charge on any atom is -0.309 e. The maximum atomic E-state index is 3.77. The van der Waals surface area contributed by atoms with Crippen molar-refractivity contribution in [2.45, 2.75) is 59.0 Å². The lowest BCUT2D eigenvalue weighted by Crippen LogP contribution is -2.35. The van der Waals surface area contributed by atoms with Crippen LogP contribution in [0.15, 0.2) is 11.4 Å². The predicted octanol–water partition coefficient (Wildman–Crippen LogP) is 4.22. The minimum atomic E-state index is 0.737. The van der Waals surface area contributed by atoms with E-state index in [9.17, 15) is 0 Å². The van der Waals surface area contributed by atoms with Gasteiger partial charge in [-0.3, -0.25) is 0 Å². The van der Waals surface area contributed by atoms with E-state index in [4.69, 9.17) is 0 Å². The van der Waals surface area contributed by atoms with Gasteiger partial charge in [0, 0.05) is 17.5 Å². The van der Waals surface area contributed by atoms with Crippen molar-refractivity contribution >= 4 is 11.3 Å². The highest BCUT2D eigenvalue weighted by Crippen LogP contribution is 2.29. The Kier molecular flexibility index (Phi) is 4.63. The molecule has 1 saturated carbocycles. The molecule has 1 fully saturated rings. The Bertz CT molecular complexity index is 334. The molecule has 1 aromatic heterocycles. The Hall–Kier alpha value is -0.340. The molecule has 0 bridgehead atoms. The predicted molar refractivity (Wildman–Crippen MR) is 76.5 cm³/mol. The van der Waals surface area contributed by atoms with Crippen LogP contribution in [0.3, 0.4) is 0 Å². The molecule has 96 valence electrons. The zero-order valence-corrected chi connectivity index (χ0v) is 12.1. The van der Waals surface area contributed by atoms with Gasteiger partial charge in [0.2, 0.25) is 0 Å². The van der Waals surface area contributed by atoms with Gasteiger partial charge < -0.3 is 5.32 Å². The number of hydrogen-bond donors (Lipinski definition) is 1. The first-order valence-corrected chi connectivity index (χ1v) is 7.85. The molecule has 2 atom stereocenters. The maximum absolute atomic E-state index is 3.77. The van der Waals surface area contributed by atoms with Crippen molar-refractivity contribution in [3.05, 3.63) is 21.9 Å². The molecule has 1 N–H and O–H groups in total. The molecule has 17 heavy (non-hydrogen) atoms. The molecule has 0 aromatic carbocycles. The summed E-state index contributed by atoms with van der Waals surface area (Å²) in [6, 6.07) is 3.01. The van der Waals surface area contributed by atoms with E-state index < -0.39 is 0 Å². The van der Waals surface area contributed by atoms with E-state index >= 15 is 0 Å². The first-order chi connectivity index (χ1) is 8.19. The van der Waals surface area contributed by atoms with Gasteiger partial charge in [0.05, 0.1) is 0 Å². The van der Waals surface area contributed by atoms with E-state index in [1.165, 1.54) is 24.8 Å². The molecule has 1 nitrogen and oxygen atoms in total. The fourth-order valence-electron chi connectivity index (χ4n) is 3.19. The normalized spacial score (nSPS) is 29.5. The smallest absolute Gasteiger partial charge is 0.0305 e. The van der Waals surface area contributed by atoms with Gasteiger partial charge in [0.1, 0.15) is 0 Å². The number of thiophene rings is 1. The van der Waals surface area contributed by atoms with Crippen LogP contribution >= 0.6 is 11.3 Å². The Balaban J connectivity index is 1.85. The van der Waals surface area contributed by atoms with E-state index in [0.29, 0.717) is 0 Å². The van der Waals surface area contributed by atoms with E-state index in [2.05, 4.69) is 37.5 Å². The summed E-state index contributed by atoms with van der Waals surface area (Å²) in [5.74, 6) is 1.79. The van der Waals surface area contributed by atoms with E-state index in [-0.39, 0.29) is 0 Å². The third-order valence-corrected chi connectivity index (χ3v) is 4.91. The van der Waals surface area contributed by atoms with Crippen LogP contribution < -0.4 is 5.32 Å². The van der Waals surface area contributed by atoms with Crippen LogP contribution in [0, 0.1) is 11.8 Å². The Labute approximate surface area is 110 Å². The lowest BCUT2D eigenvalue weighted by Gasteiger charge is -2.32. The second-order valence-corrected chi connectivity index (χ2v) is 6.72. The molecule has 2 rings (SSSR count). The van der Waals surface area contributed by atoms with Crippen LogP contribution in [0.2, 0.25) is 0 Å². The van der Waals surface area contributed by atoms with Crippen molar-refractivity contribution in [2.24, 2.45) is 11.8 Å². The topological polar surface area (TPSA) is 12.0 Å². The summed E-state index contributed by atoms with van der Waals surface area (Å²) in [5.41, 5.74) is 1.53. The van der Waals surface area contributed by atoms with Crippen molar-refractivity contribution in [3.63, 3.8) is 0 Å². The van der Waals surface area contributed by atoms with Gasteiger partial charge in [-0.25, -0.2) is 0 Å². The Morgan fingerprint density at radius 1 is 1.24 bits per heavy atom. The first kappa shape index (κ1) is 13.1. The summed E-state index contributed by atoms with van der Waals surface area (Å²) in [7, 11) is 0. The highest BCUT2D eigenvalue weighted by atomic mass is 32.1. The van der Waals surface area contributed by atoms with E-state index in [1.807, 2.05) is 11.3 Å². The minimum absolute atomic E-state index is 0.737. The number of hydrogen-bond acceptors (Lipinski definition) is 2. The third-order valence-electron chi connectivity index (χ3n) is 3.95. The molecule has 1 heterocycles. The number of aryl methyl sites for hydroxylation is 1. The summed E-state index contributed by atoms with van der Waals surface area (Å²) in [6.45, 7) is 8.11. The van der Waals surface area contributed by atoms with Crippen molar-refractivity contribution in [3.8, 4) is 0 Å². The van der Waals surface area contributed by atoms with E-state index in [0.717, 1.165) is 30.8 Å². The summed E-state index contributed by atoms with van der Waals surface area (Å²) in [4.78, 5) is 1.54. The van der Waals surface area contributed by atoms with Crippen LogP contribution in [-0.4, -0.2) is 6.04 Å². The second-order valence-electron chi connectivity index (χ2n) is 5.72. The summed E-state index contributed by atoms with van der Waals surface area (Å²) in [6.07, 6.45) is 5.30. The average molecular weight is 251 g/mol. The zero-order chi connectivity index (χ0) is 12.3. The standard InChI is InChI=1S/C15H25NS/c1-4-13-5-6-17-15(13)10-16-14-8-11(2)7-12(3)9-14/h5-6,11-12,14,16H,4,7-10H2,1-3H3. The van der Waals surface area contributed by atoms with Crippen LogP contribution in [0.4, 0.5) is 0 Å². The monoisotopic (exact) mass is 251 g/mol. The summed E-state index contributed by atoms with van der Waals surface area (Å²) >= 11 is 1.90. The summed E-state index contributed by atoms with van der Waals surface area (Å²) < 4.78 is 0. The van der Waals surface area contributed by atoms with Gasteiger partial charge in [-0.1, -0.05) is 20.8 Å². The van der Waals surface area contributed by atoms with Gasteiger partial charge in [0.25, 0.3) is 0 Å². The molecular weight excluding hydrogens is 226 g/mol. The molecule has 0 radical (unpaired) electrons. The zero-order valence-electron chi connectivity index (χ0n) is 11.3. The molecule has 0 amide bonds. The van der Waals surface area contributed by atoms with Crippen molar-refractivity contribution in [1.29, 1.82) is 0 Å². The lowest BCUT2D eigenvalue weighted by molar-refractivity contribution is 0.238. The molecule has 0 spiro atoms. The molecule has 2 heteroatoms. The average Bonchev–Trinajstić information content (AvgIpc) is 2.72. The van der Waals surface area contributed by atoms with Crippen molar-refractivity contribution < 1.29 is 0 Å². The molecule has 0 aliphatic heterocycles. The number of rotatable bonds is 4. The van der Waals surface area contributed by atoms with Gasteiger partial charge in [-0.2, -0.15) is 0 Å². The highest BCUT2D eigenvalue weighted by molar-refractivity contribution is 7.10. The molecule has 2 unspecified atom stereocenters. The molecule has 1 aliphatic rings. The van der Waals surface area contributed by atoms with E-state index in [1.54, 1.807) is 4.88 Å². The molecular formula is C15H25NS. The highest BCUT2D eigenvalue weighted by Gasteiger charge is 2.23. The van der Waals surface area contributed by atoms with Crippen molar-refractivity contribution in [2.75, 3.05) is 0 Å². The molecule has 1 aliphatic carbocycles. The largest absolute Gasteiger partial charge is 0.309 e. The van der Waals surface area contributed by atoms with Gasteiger partial charge in [-0.05, 0) is 54.5 Å². The van der Waals surface area contributed by atoms with Gasteiger partial charge in [-0.15, -0.1) is 11.3 Å². The summed E-state index contributed by atoms with van der Waals surface area (Å²) in [5, 5.41) is 5.99. The fourth-order valence-corrected chi connectivity index (χ4v) is 4.11. The SMILES string of the molecule is CCc1ccsc1CNC1CC(C)CC(C)C1. The molecule has 1 aromatic rings. The third kappa shape index (κ3) is 3.56. The maximum Gasteiger partial charge on any atom is 0.0305 e. The quantitative estimate of drug-likeness (QED) is 0.844. The number of nitrogens with one attached hydrogen (secondary N) is 1. The van der Waals surface area contributed by atoms with Crippen LogP contribution in [0.5, 0.6) is 0 Å². The van der Waals surface area contributed by atoms with Crippen LogP contribution in [0.1, 0.15) is 50.5 Å². The van der Waals surface area contributed by atoms with Crippen LogP contribution in [0.25, 0.3) is 0 Å². The molecule has 0 saturated heterocycles.